The fourth-order valence-corrected chi connectivity index (χ4v) is 13.0. The second kappa shape index (κ2) is 49.6. The number of halogens is 1. The van der Waals surface area contributed by atoms with Crippen LogP contribution in [0, 0.1) is 10.5 Å². The van der Waals surface area contributed by atoms with E-state index >= 15 is 0 Å². The zero-order valence-electron chi connectivity index (χ0n) is 62.8. The summed E-state index contributed by atoms with van der Waals surface area (Å²) in [5, 5.41) is 63.8. The molecule has 109 heavy (non-hydrogen) atoms. The van der Waals surface area contributed by atoms with Crippen molar-refractivity contribution in [3.05, 3.63) is 111 Å². The van der Waals surface area contributed by atoms with Crippen LogP contribution >= 0.6 is 22.6 Å². The number of phenols is 1. The van der Waals surface area contributed by atoms with E-state index in [0.29, 0.717) is 72.5 Å². The SMILES string of the molecule is CN=C(N)NCCC[C@H](NC(=O)[C@@H](CCCNC(=O)CCCCCNC(=O)C(CCCCNC(=O)CCCc1ccc(C)cc1)NC(=O)CN1CCN(CC(=O)O)CCN(CC(=O)O)CCN(CC(=O)O)CC1)N(C)C(=O)[C@H](N)Cc1ccc(O)c(I)c1)C(=O)N[C@@H](Cc1ccc2ccccc2c1)C(=O)NCC=O. The van der Waals surface area contributed by atoms with Gasteiger partial charge in [0, 0.05) is 112 Å². The molecule has 5 atom stereocenters. The molecule has 8 amide bonds. The Bertz CT molecular complexity index is 3630. The van der Waals surface area contributed by atoms with E-state index in [4.69, 9.17) is 11.5 Å². The molecule has 5 rings (SSSR count). The summed E-state index contributed by atoms with van der Waals surface area (Å²) < 4.78 is 0.536. The molecule has 1 heterocycles. The average Bonchev–Trinajstić information content (AvgIpc) is 0.837. The second-order valence-corrected chi connectivity index (χ2v) is 28.5. The molecule has 0 aromatic heterocycles. The van der Waals surface area contributed by atoms with Crippen LogP contribution in [0.1, 0.15) is 106 Å². The fourth-order valence-electron chi connectivity index (χ4n) is 12.4. The summed E-state index contributed by atoms with van der Waals surface area (Å²) in [6.07, 6.45) is 5.42. The predicted molar refractivity (Wildman–Crippen MR) is 420 cm³/mol. The molecule has 4 aromatic carbocycles. The monoisotopic (exact) mass is 1630 g/mol. The van der Waals surface area contributed by atoms with Crippen LogP contribution in [0.15, 0.2) is 89.9 Å². The summed E-state index contributed by atoms with van der Waals surface area (Å²) in [5.41, 5.74) is 16.1. The number of hydrogen-bond acceptors (Lipinski definition) is 19. The number of rotatable bonds is 46. The van der Waals surface area contributed by atoms with Crippen molar-refractivity contribution >= 4 is 111 Å². The van der Waals surface area contributed by atoms with Gasteiger partial charge in [-0.2, -0.15) is 0 Å². The number of aliphatic imine (C=N–C) groups is 1. The lowest BCUT2D eigenvalue weighted by Crippen LogP contribution is -2.58. The fraction of sp³-hybridized carbons (Fsp3) is 0.539. The van der Waals surface area contributed by atoms with E-state index in [1.165, 1.54) is 25.1 Å². The molecule has 1 aliphatic heterocycles. The molecule has 1 saturated heterocycles. The van der Waals surface area contributed by atoms with Gasteiger partial charge in [-0.25, -0.2) is 0 Å². The summed E-state index contributed by atoms with van der Waals surface area (Å²) >= 11 is 1.96. The first-order valence-electron chi connectivity index (χ1n) is 37.2. The summed E-state index contributed by atoms with van der Waals surface area (Å²) in [4.78, 5) is 170. The van der Waals surface area contributed by atoms with E-state index in [0.717, 1.165) is 28.3 Å². The van der Waals surface area contributed by atoms with E-state index in [1.807, 2.05) is 96.2 Å². The third kappa shape index (κ3) is 35.7. The maximum absolute atomic E-state index is 14.8. The number of carboxylic acid groups (broad SMARTS) is 3. The first-order chi connectivity index (χ1) is 52.2. The molecule has 0 aliphatic carbocycles. The van der Waals surface area contributed by atoms with Gasteiger partial charge in [0.2, 0.25) is 47.3 Å². The Kier molecular flexibility index (Phi) is 41.0. The largest absolute Gasteiger partial charge is 0.507 e. The van der Waals surface area contributed by atoms with Crippen molar-refractivity contribution in [3.8, 4) is 5.75 Å². The van der Waals surface area contributed by atoms with Crippen LogP contribution in [-0.2, 0) is 76.8 Å². The van der Waals surface area contributed by atoms with Crippen LogP contribution in [0.2, 0.25) is 0 Å². The third-order valence-corrected chi connectivity index (χ3v) is 19.5. The number of nitrogens with zero attached hydrogens (tertiary/aromatic N) is 6. The quantitative estimate of drug-likeness (QED) is 0.00958. The number of aryl methyl sites for hydroxylation is 2. The highest BCUT2D eigenvalue weighted by molar-refractivity contribution is 14.1. The molecule has 1 aliphatic rings. The van der Waals surface area contributed by atoms with E-state index in [9.17, 15) is 78.0 Å². The average molecular weight is 1630 g/mol. The molecule has 1 fully saturated rings. The number of aliphatic carboxylic acids is 3. The maximum atomic E-state index is 14.8. The zero-order chi connectivity index (χ0) is 79.6. The minimum Gasteiger partial charge on any atom is -0.507 e. The van der Waals surface area contributed by atoms with E-state index in [2.05, 4.69) is 47.5 Å². The minimum atomic E-state index is -1.28. The number of benzene rings is 4. The Balaban J connectivity index is 1.22. The van der Waals surface area contributed by atoms with Crippen molar-refractivity contribution in [1.82, 2.24) is 67.0 Å². The number of likely N-dealkylation sites (N-methyl/N-ethyl adjacent to an activating group) is 1. The normalized spacial score (nSPS) is 14.9. The number of hydrogen-bond donors (Lipinski definition) is 14. The lowest BCUT2D eigenvalue weighted by molar-refractivity contribution is -0.141. The minimum absolute atomic E-state index is 0.0137. The molecule has 33 heteroatoms. The number of unbranched alkanes of at least 4 members (excludes halogenated alkanes) is 3. The number of amides is 8. The number of fused-ring (bicyclic) bond motifs is 1. The Labute approximate surface area is 650 Å². The molecular formula is C76H111IN16O16. The number of phenolic OH excluding ortho intramolecular Hbond substituents is 1. The molecule has 16 N–H and O–H groups in total. The van der Waals surface area contributed by atoms with Crippen LogP contribution in [0.5, 0.6) is 5.75 Å². The Morgan fingerprint density at radius 3 is 1.61 bits per heavy atom. The van der Waals surface area contributed by atoms with Crippen molar-refractivity contribution in [2.24, 2.45) is 16.5 Å². The van der Waals surface area contributed by atoms with Gasteiger partial charge >= 0.3 is 17.9 Å². The standard InChI is InChI=1S/C76H111IN16O16/c1-52-22-24-53(25-23-52)14-11-21-66(97)81-30-10-8-17-60(86-67(98)48-90-35-37-91(49-68(99)100)39-41-93(51-70(103)104)42-40-92(38-36-90)50-69(101)102)71(105)83-31-9-4-5-20-65(96)82-32-13-19-63(89(3)75(109)59(78)46-55-27-29-64(95)58(77)45-55)74(108)87-61(18-12-33-85-76(79)80-2)73(107)88-62(72(106)84-34-43-94)47-54-26-28-56-15-6-7-16-57(56)44-54/h6-7,15-16,22-29,43-45,59-63,95H,4-5,8-14,17-21,30-42,46-51,78H2,1-3H3,(H,81,97)(H,82,96)(H,83,105)(H,84,106)(H,86,98)(H,87,108)(H,88,107)(H,99,100)(H,101,102)(H,103,104)(H3,79,80,85)/t59-,60?,61+,62+,63-/m1/s1. The van der Waals surface area contributed by atoms with Gasteiger partial charge in [-0.3, -0.25) is 77.3 Å². The highest BCUT2D eigenvalue weighted by Gasteiger charge is 2.34. The number of guanidine groups is 1. The van der Waals surface area contributed by atoms with Crippen LogP contribution in [0.4, 0.5) is 0 Å². The van der Waals surface area contributed by atoms with Crippen molar-refractivity contribution < 1.29 is 78.0 Å². The van der Waals surface area contributed by atoms with Gasteiger partial charge in [-0.1, -0.05) is 84.8 Å². The number of carbonyl (C=O) groups is 12. The van der Waals surface area contributed by atoms with Crippen LogP contribution in [0.25, 0.3) is 10.8 Å². The predicted octanol–water partition coefficient (Wildman–Crippen LogP) is 0.840. The lowest BCUT2D eigenvalue weighted by atomic mass is 10.00. The molecule has 32 nitrogen and oxygen atoms in total. The zero-order valence-corrected chi connectivity index (χ0v) is 64.9. The smallest absolute Gasteiger partial charge is 0.317 e. The topological polar surface area (TPSA) is 463 Å². The summed E-state index contributed by atoms with van der Waals surface area (Å²) in [5.74, 6) is -7.20. The lowest BCUT2D eigenvalue weighted by Gasteiger charge is -2.33. The van der Waals surface area contributed by atoms with Gasteiger partial charge in [0.05, 0.1) is 42.3 Å². The number of aromatic hydroxyl groups is 1. The third-order valence-electron chi connectivity index (χ3n) is 18.6. The van der Waals surface area contributed by atoms with Crippen LogP contribution in [-0.4, -0.2) is 278 Å². The molecule has 598 valence electrons. The Morgan fingerprint density at radius 1 is 0.523 bits per heavy atom. The Hall–Kier alpha value is -9.42. The highest BCUT2D eigenvalue weighted by Crippen LogP contribution is 2.22. The van der Waals surface area contributed by atoms with E-state index < -0.39 is 83.6 Å². The van der Waals surface area contributed by atoms with Gasteiger partial charge < -0.3 is 84.1 Å². The van der Waals surface area contributed by atoms with E-state index in [-0.39, 0.29) is 180 Å². The number of carboxylic acids is 3. The molecule has 0 spiro atoms. The van der Waals surface area contributed by atoms with Crippen LogP contribution in [0.3, 0.4) is 0 Å². The van der Waals surface area contributed by atoms with E-state index in [1.54, 1.807) is 31.7 Å². The van der Waals surface area contributed by atoms with Crippen molar-refractivity contribution in [1.29, 1.82) is 0 Å². The summed E-state index contributed by atoms with van der Waals surface area (Å²) in [6.45, 7) is 2.78. The Morgan fingerprint density at radius 2 is 1.02 bits per heavy atom. The van der Waals surface area contributed by atoms with Gasteiger partial charge in [0.25, 0.3) is 0 Å². The number of nitrogens with two attached hydrogens (primary N) is 2. The molecule has 0 radical (unpaired) electrons. The van der Waals surface area contributed by atoms with Gasteiger partial charge in [-0.15, -0.1) is 0 Å². The molecule has 0 saturated carbocycles. The second-order valence-electron chi connectivity index (χ2n) is 27.3. The van der Waals surface area contributed by atoms with Crippen molar-refractivity contribution in [2.75, 3.05) is 125 Å². The van der Waals surface area contributed by atoms with Gasteiger partial charge in [0.15, 0.2) is 5.96 Å². The number of nitrogens with one attached hydrogen (secondary N) is 8. The van der Waals surface area contributed by atoms with Crippen molar-refractivity contribution in [3.63, 3.8) is 0 Å². The summed E-state index contributed by atoms with van der Waals surface area (Å²) in [6, 6.07) is 20.3. The van der Waals surface area contributed by atoms with Crippen molar-refractivity contribution in [2.45, 2.75) is 140 Å². The first kappa shape index (κ1) is 90.2. The number of carbonyl (C=O) groups excluding carboxylic acids is 9. The molecule has 4 aromatic rings. The first-order valence-corrected chi connectivity index (χ1v) is 38.2. The summed E-state index contributed by atoms with van der Waals surface area (Å²) in [7, 11) is 2.91. The highest BCUT2D eigenvalue weighted by atomic mass is 127. The van der Waals surface area contributed by atoms with Gasteiger partial charge in [-0.05, 0) is 146 Å². The maximum Gasteiger partial charge on any atom is 0.317 e. The molecule has 1 unspecified atom stereocenters. The number of aldehydes is 1. The van der Waals surface area contributed by atoms with Crippen LogP contribution < -0.4 is 54.0 Å². The van der Waals surface area contributed by atoms with Gasteiger partial charge in [0.1, 0.15) is 36.2 Å². The molecule has 0 bridgehead atoms. The molecular weight excluding hydrogens is 1520 g/mol.